The second-order valence-electron chi connectivity index (χ2n) is 5.88. The van der Waals surface area contributed by atoms with Gasteiger partial charge >= 0.3 is 0 Å². The molecule has 1 saturated heterocycles. The quantitative estimate of drug-likeness (QED) is 0.704. The molecule has 3 nitrogen and oxygen atoms in total. The number of piperazine rings is 1. The lowest BCUT2D eigenvalue weighted by molar-refractivity contribution is 0.0749. The molecule has 2 aromatic carbocycles. The lowest BCUT2D eigenvalue weighted by atomic mass is 10.1. The van der Waals surface area contributed by atoms with Crippen molar-refractivity contribution in [3.05, 3.63) is 65.3 Å². The first kappa shape index (κ1) is 15.1. The number of para-hydroxylation sites is 1. The van der Waals surface area contributed by atoms with Crippen LogP contribution in [0.1, 0.15) is 10.4 Å². The molecular formula is C19H17FN2OS. The van der Waals surface area contributed by atoms with Gasteiger partial charge in [0, 0.05) is 41.6 Å². The van der Waals surface area contributed by atoms with Crippen LogP contribution in [-0.2, 0) is 0 Å². The van der Waals surface area contributed by atoms with Gasteiger partial charge in [0.1, 0.15) is 5.82 Å². The predicted octanol–water partition coefficient (Wildman–Crippen LogP) is 4.00. The largest absolute Gasteiger partial charge is 0.366 e. The van der Waals surface area contributed by atoms with Gasteiger partial charge in [0.05, 0.1) is 11.3 Å². The maximum Gasteiger partial charge on any atom is 0.255 e. The number of rotatable bonds is 2. The van der Waals surface area contributed by atoms with E-state index >= 15 is 0 Å². The summed E-state index contributed by atoms with van der Waals surface area (Å²) in [5, 5.41) is 2.96. The Balaban J connectivity index is 1.50. The molecule has 24 heavy (non-hydrogen) atoms. The molecule has 3 aromatic rings. The molecule has 0 aliphatic carbocycles. The van der Waals surface area contributed by atoms with Crippen molar-refractivity contribution in [3.8, 4) is 0 Å². The van der Waals surface area contributed by atoms with Crippen LogP contribution < -0.4 is 4.90 Å². The second kappa shape index (κ2) is 6.24. The van der Waals surface area contributed by atoms with E-state index in [1.165, 1.54) is 6.07 Å². The minimum atomic E-state index is -0.207. The lowest BCUT2D eigenvalue weighted by Crippen LogP contribution is -2.49. The second-order valence-corrected chi connectivity index (χ2v) is 6.79. The van der Waals surface area contributed by atoms with Crippen molar-refractivity contribution in [1.82, 2.24) is 4.90 Å². The van der Waals surface area contributed by atoms with Crippen molar-refractivity contribution < 1.29 is 9.18 Å². The molecule has 122 valence electrons. The van der Waals surface area contributed by atoms with Gasteiger partial charge in [-0.05, 0) is 18.2 Å². The van der Waals surface area contributed by atoms with Crippen molar-refractivity contribution in [2.75, 3.05) is 31.1 Å². The molecule has 0 saturated carbocycles. The molecule has 0 unspecified atom stereocenters. The molecule has 4 rings (SSSR count). The highest BCUT2D eigenvalue weighted by atomic mass is 32.1. The van der Waals surface area contributed by atoms with Gasteiger partial charge in [-0.2, -0.15) is 0 Å². The monoisotopic (exact) mass is 340 g/mol. The average molecular weight is 340 g/mol. The number of halogens is 1. The van der Waals surface area contributed by atoms with Gasteiger partial charge in [0.2, 0.25) is 0 Å². The third-order valence-electron chi connectivity index (χ3n) is 4.47. The number of carbonyl (C=O) groups is 1. The highest BCUT2D eigenvalue weighted by Gasteiger charge is 2.25. The molecule has 0 bridgehead atoms. The number of benzene rings is 2. The van der Waals surface area contributed by atoms with Crippen LogP contribution in [0.3, 0.4) is 0 Å². The summed E-state index contributed by atoms with van der Waals surface area (Å²) >= 11 is 1.60. The van der Waals surface area contributed by atoms with Crippen molar-refractivity contribution in [2.45, 2.75) is 0 Å². The van der Waals surface area contributed by atoms with E-state index in [1.54, 1.807) is 23.5 Å². The van der Waals surface area contributed by atoms with E-state index in [1.807, 2.05) is 45.5 Å². The van der Waals surface area contributed by atoms with Crippen molar-refractivity contribution in [2.24, 2.45) is 0 Å². The van der Waals surface area contributed by atoms with Crippen LogP contribution in [0.15, 0.2) is 53.9 Å². The zero-order valence-electron chi connectivity index (χ0n) is 13.1. The van der Waals surface area contributed by atoms with E-state index in [4.69, 9.17) is 0 Å². The van der Waals surface area contributed by atoms with E-state index in [2.05, 4.69) is 0 Å². The molecular weight excluding hydrogens is 323 g/mol. The first-order valence-electron chi connectivity index (χ1n) is 7.99. The molecule has 0 spiro atoms. The minimum Gasteiger partial charge on any atom is -0.366 e. The van der Waals surface area contributed by atoms with Crippen LogP contribution in [0, 0.1) is 5.82 Å². The van der Waals surface area contributed by atoms with Crippen LogP contribution >= 0.6 is 11.3 Å². The molecule has 1 aliphatic heterocycles. The topological polar surface area (TPSA) is 23.6 Å². The zero-order valence-corrected chi connectivity index (χ0v) is 13.9. The van der Waals surface area contributed by atoms with Crippen molar-refractivity contribution in [1.29, 1.82) is 0 Å². The number of hydrogen-bond acceptors (Lipinski definition) is 3. The Bertz CT molecular complexity index is 884. The molecule has 2 heterocycles. The zero-order chi connectivity index (χ0) is 16.5. The summed E-state index contributed by atoms with van der Waals surface area (Å²) in [5.41, 5.74) is 1.39. The Hall–Kier alpha value is -2.40. The van der Waals surface area contributed by atoms with Gasteiger partial charge < -0.3 is 9.80 Å². The van der Waals surface area contributed by atoms with Crippen LogP contribution in [0.25, 0.3) is 10.1 Å². The Morgan fingerprint density at radius 2 is 1.67 bits per heavy atom. The van der Waals surface area contributed by atoms with E-state index in [-0.39, 0.29) is 11.7 Å². The van der Waals surface area contributed by atoms with E-state index in [0.29, 0.717) is 31.9 Å². The summed E-state index contributed by atoms with van der Waals surface area (Å²) in [5.74, 6) is -0.137. The lowest BCUT2D eigenvalue weighted by Gasteiger charge is -2.36. The third-order valence-corrected chi connectivity index (χ3v) is 5.43. The summed E-state index contributed by atoms with van der Waals surface area (Å²) in [6, 6.07) is 14.8. The summed E-state index contributed by atoms with van der Waals surface area (Å²) in [7, 11) is 0. The Morgan fingerprint density at radius 3 is 2.46 bits per heavy atom. The smallest absolute Gasteiger partial charge is 0.255 e. The highest BCUT2D eigenvalue weighted by Crippen LogP contribution is 2.27. The van der Waals surface area contributed by atoms with Gasteiger partial charge in [-0.3, -0.25) is 4.79 Å². The molecule has 0 radical (unpaired) electrons. The van der Waals surface area contributed by atoms with Crippen molar-refractivity contribution in [3.63, 3.8) is 0 Å². The normalized spacial score (nSPS) is 15.0. The Labute approximate surface area is 143 Å². The van der Waals surface area contributed by atoms with Gasteiger partial charge in [-0.1, -0.05) is 30.3 Å². The number of fused-ring (bicyclic) bond motifs is 1. The Morgan fingerprint density at radius 1 is 0.958 bits per heavy atom. The van der Waals surface area contributed by atoms with Gasteiger partial charge in [-0.25, -0.2) is 4.39 Å². The minimum absolute atomic E-state index is 0.0700. The fourth-order valence-electron chi connectivity index (χ4n) is 3.17. The van der Waals surface area contributed by atoms with Gasteiger partial charge in [-0.15, -0.1) is 11.3 Å². The molecule has 1 aliphatic rings. The van der Waals surface area contributed by atoms with Crippen LogP contribution in [-0.4, -0.2) is 37.0 Å². The van der Waals surface area contributed by atoms with E-state index < -0.39 is 0 Å². The molecule has 0 atom stereocenters. The Kier molecular flexibility index (Phi) is 3.94. The van der Waals surface area contributed by atoms with E-state index in [0.717, 1.165) is 15.6 Å². The average Bonchev–Trinajstić information content (AvgIpc) is 3.06. The SMILES string of the molecule is O=C(c1csc2ccccc12)N1CCN(c2ccccc2F)CC1. The standard InChI is InChI=1S/C19H17FN2OS/c20-16-6-2-3-7-17(16)21-9-11-22(12-10-21)19(23)15-13-24-18-8-4-1-5-14(15)18/h1-8,13H,9-12H2. The van der Waals surface area contributed by atoms with Crippen LogP contribution in [0.5, 0.6) is 0 Å². The number of thiophene rings is 1. The number of nitrogens with zero attached hydrogens (tertiary/aromatic N) is 2. The maximum atomic E-state index is 13.9. The summed E-state index contributed by atoms with van der Waals surface area (Å²) in [6.45, 7) is 2.51. The number of anilines is 1. The van der Waals surface area contributed by atoms with Crippen LogP contribution in [0.2, 0.25) is 0 Å². The number of carbonyl (C=O) groups excluding carboxylic acids is 1. The molecule has 1 aromatic heterocycles. The molecule has 0 N–H and O–H groups in total. The van der Waals surface area contributed by atoms with Gasteiger partial charge in [0.15, 0.2) is 0 Å². The highest BCUT2D eigenvalue weighted by molar-refractivity contribution is 7.17. The predicted molar refractivity (Wildman–Crippen MR) is 96.3 cm³/mol. The summed E-state index contributed by atoms with van der Waals surface area (Å²) in [6.07, 6.45) is 0. The fraction of sp³-hybridized carbons (Fsp3) is 0.211. The van der Waals surface area contributed by atoms with Crippen molar-refractivity contribution >= 4 is 33.0 Å². The first-order valence-corrected chi connectivity index (χ1v) is 8.87. The number of hydrogen-bond donors (Lipinski definition) is 0. The third kappa shape index (κ3) is 2.65. The fourth-order valence-corrected chi connectivity index (χ4v) is 4.11. The summed E-state index contributed by atoms with van der Waals surface area (Å²) in [4.78, 5) is 16.7. The molecule has 1 fully saturated rings. The molecule has 5 heteroatoms. The van der Waals surface area contributed by atoms with Crippen LogP contribution in [0.4, 0.5) is 10.1 Å². The maximum absolute atomic E-state index is 13.9. The van der Waals surface area contributed by atoms with Gasteiger partial charge in [0.25, 0.3) is 5.91 Å². The summed E-state index contributed by atoms with van der Waals surface area (Å²) < 4.78 is 15.0. The number of amides is 1. The first-order chi connectivity index (χ1) is 11.7. The molecule has 1 amide bonds. The van der Waals surface area contributed by atoms with E-state index in [9.17, 15) is 9.18 Å².